The largest absolute Gasteiger partial charge is 0.316 e. The maximum absolute atomic E-state index is 4.30. The quantitative estimate of drug-likeness (QED) is 0.861. The molecule has 1 aromatic rings. The van der Waals surface area contributed by atoms with Gasteiger partial charge in [0.25, 0.3) is 0 Å². The molecule has 2 nitrogen and oxygen atoms in total. The van der Waals surface area contributed by atoms with E-state index in [2.05, 4.69) is 22.4 Å². The predicted octanol–water partition coefficient (Wildman–Crippen LogP) is 2.10. The molecule has 1 aromatic heterocycles. The summed E-state index contributed by atoms with van der Waals surface area (Å²) < 4.78 is 0. The molecule has 2 heterocycles. The van der Waals surface area contributed by atoms with Crippen molar-refractivity contribution < 1.29 is 0 Å². The molecule has 1 atom stereocenters. The van der Waals surface area contributed by atoms with Crippen LogP contribution >= 0.6 is 24.2 Å². The topological polar surface area (TPSA) is 24.9 Å². The number of thioether (sulfide) groups is 1. The van der Waals surface area contributed by atoms with Crippen LogP contribution in [-0.4, -0.2) is 23.3 Å². The molecule has 2 rings (SSSR count). The van der Waals surface area contributed by atoms with Crippen LogP contribution in [0.5, 0.6) is 0 Å². The Balaban J connectivity index is 0.000000980. The highest BCUT2D eigenvalue weighted by atomic mass is 35.5. The second-order valence-electron chi connectivity index (χ2n) is 3.25. The van der Waals surface area contributed by atoms with Gasteiger partial charge in [0.1, 0.15) is 0 Å². The molecule has 78 valence electrons. The number of aromatic nitrogens is 1. The molecule has 1 fully saturated rings. The van der Waals surface area contributed by atoms with Gasteiger partial charge in [-0.1, -0.05) is 6.07 Å². The summed E-state index contributed by atoms with van der Waals surface area (Å²) >= 11 is 2.01. The first-order valence-electron chi connectivity index (χ1n) is 4.67. The molecule has 0 aromatic carbocycles. The molecule has 0 aliphatic carbocycles. The summed E-state index contributed by atoms with van der Waals surface area (Å²) in [6.07, 6.45) is 3.17. The number of halogens is 1. The van der Waals surface area contributed by atoms with Crippen LogP contribution in [0.4, 0.5) is 0 Å². The van der Waals surface area contributed by atoms with E-state index in [0.717, 1.165) is 17.5 Å². The van der Waals surface area contributed by atoms with E-state index < -0.39 is 0 Å². The Hall–Kier alpha value is -0.250. The van der Waals surface area contributed by atoms with Crippen molar-refractivity contribution in [2.75, 3.05) is 13.1 Å². The molecule has 1 N–H and O–H groups in total. The van der Waals surface area contributed by atoms with Gasteiger partial charge in [0.2, 0.25) is 0 Å². The second kappa shape index (κ2) is 6.27. The molecule has 0 radical (unpaired) electrons. The summed E-state index contributed by atoms with van der Waals surface area (Å²) in [5.41, 5.74) is 1.19. The molecule has 0 bridgehead atoms. The highest BCUT2D eigenvalue weighted by Gasteiger charge is 2.14. The number of hydrogen-bond acceptors (Lipinski definition) is 3. The van der Waals surface area contributed by atoms with Gasteiger partial charge in [-0.05, 0) is 25.1 Å². The maximum Gasteiger partial charge on any atom is 0.0502 e. The first-order valence-corrected chi connectivity index (χ1v) is 5.72. The van der Waals surface area contributed by atoms with E-state index in [1.165, 1.54) is 18.7 Å². The van der Waals surface area contributed by atoms with Crippen LogP contribution in [0.15, 0.2) is 24.4 Å². The lowest BCUT2D eigenvalue weighted by Gasteiger charge is -2.06. The van der Waals surface area contributed by atoms with Crippen molar-refractivity contribution in [3.63, 3.8) is 0 Å². The Labute approximate surface area is 95.3 Å². The smallest absolute Gasteiger partial charge is 0.0502 e. The van der Waals surface area contributed by atoms with Gasteiger partial charge in [0.05, 0.1) is 5.69 Å². The Bertz CT molecular complexity index is 250. The number of pyridine rings is 1. The van der Waals surface area contributed by atoms with Crippen molar-refractivity contribution in [3.8, 4) is 0 Å². The predicted molar refractivity (Wildman–Crippen MR) is 64.1 cm³/mol. The van der Waals surface area contributed by atoms with E-state index in [4.69, 9.17) is 0 Å². The lowest BCUT2D eigenvalue weighted by atomic mass is 10.4. The van der Waals surface area contributed by atoms with Gasteiger partial charge < -0.3 is 5.32 Å². The number of nitrogens with one attached hydrogen (secondary N) is 1. The standard InChI is InChI=1S/C10H14N2S.ClH/c1-2-5-12-9(3-1)8-13-10-4-6-11-7-10;/h1-3,5,10-11H,4,6-8H2;1H. The fraction of sp³-hybridized carbons (Fsp3) is 0.500. The Morgan fingerprint density at radius 2 is 2.43 bits per heavy atom. The van der Waals surface area contributed by atoms with E-state index in [0.29, 0.717) is 0 Å². The van der Waals surface area contributed by atoms with Gasteiger partial charge in [0, 0.05) is 23.7 Å². The van der Waals surface area contributed by atoms with Crippen molar-refractivity contribution in [3.05, 3.63) is 30.1 Å². The van der Waals surface area contributed by atoms with Crippen LogP contribution in [-0.2, 0) is 5.75 Å². The molecule has 1 saturated heterocycles. The number of nitrogens with zero attached hydrogens (tertiary/aromatic N) is 1. The van der Waals surface area contributed by atoms with E-state index in [-0.39, 0.29) is 12.4 Å². The monoisotopic (exact) mass is 230 g/mol. The van der Waals surface area contributed by atoms with Crippen molar-refractivity contribution in [1.82, 2.24) is 10.3 Å². The minimum Gasteiger partial charge on any atom is -0.316 e. The van der Waals surface area contributed by atoms with E-state index in [1.54, 1.807) is 0 Å². The third-order valence-electron chi connectivity index (χ3n) is 2.21. The first-order chi connectivity index (χ1) is 6.45. The SMILES string of the molecule is Cl.c1ccc(CSC2CCNC2)nc1. The van der Waals surface area contributed by atoms with Crippen LogP contribution in [0.3, 0.4) is 0 Å². The molecule has 0 saturated carbocycles. The van der Waals surface area contributed by atoms with Crippen LogP contribution in [0.25, 0.3) is 0 Å². The summed E-state index contributed by atoms with van der Waals surface area (Å²) in [5.74, 6) is 1.05. The maximum atomic E-state index is 4.30. The zero-order chi connectivity index (χ0) is 8.93. The van der Waals surface area contributed by atoms with Gasteiger partial charge in [-0.25, -0.2) is 0 Å². The minimum atomic E-state index is 0. The Morgan fingerprint density at radius 3 is 3.07 bits per heavy atom. The number of hydrogen-bond donors (Lipinski definition) is 1. The summed E-state index contributed by atoms with van der Waals surface area (Å²) in [7, 11) is 0. The third kappa shape index (κ3) is 3.48. The molecule has 1 aliphatic rings. The Kier molecular flexibility index (Phi) is 5.30. The van der Waals surface area contributed by atoms with Gasteiger partial charge in [0.15, 0.2) is 0 Å². The average molecular weight is 231 g/mol. The molecule has 14 heavy (non-hydrogen) atoms. The second-order valence-corrected chi connectivity index (χ2v) is 4.54. The number of rotatable bonds is 3. The summed E-state index contributed by atoms with van der Waals surface area (Å²) in [4.78, 5) is 4.30. The van der Waals surface area contributed by atoms with Crippen molar-refractivity contribution in [1.29, 1.82) is 0 Å². The molecule has 0 spiro atoms. The highest BCUT2D eigenvalue weighted by Crippen LogP contribution is 2.20. The highest BCUT2D eigenvalue weighted by molar-refractivity contribution is 7.99. The van der Waals surface area contributed by atoms with Crippen molar-refractivity contribution in [2.45, 2.75) is 17.4 Å². The van der Waals surface area contributed by atoms with Crippen LogP contribution < -0.4 is 5.32 Å². The van der Waals surface area contributed by atoms with Crippen LogP contribution in [0.1, 0.15) is 12.1 Å². The summed E-state index contributed by atoms with van der Waals surface area (Å²) in [5, 5.41) is 4.16. The lowest BCUT2D eigenvalue weighted by molar-refractivity contribution is 0.858. The van der Waals surface area contributed by atoms with Gasteiger partial charge in [-0.3, -0.25) is 4.98 Å². The van der Waals surface area contributed by atoms with Gasteiger partial charge in [-0.2, -0.15) is 11.8 Å². The van der Waals surface area contributed by atoms with Crippen LogP contribution in [0.2, 0.25) is 0 Å². The van der Waals surface area contributed by atoms with Gasteiger partial charge >= 0.3 is 0 Å². The van der Waals surface area contributed by atoms with Crippen molar-refractivity contribution in [2.24, 2.45) is 0 Å². The fourth-order valence-corrected chi connectivity index (χ4v) is 2.55. The van der Waals surface area contributed by atoms with E-state index in [1.807, 2.05) is 24.0 Å². The lowest BCUT2D eigenvalue weighted by Crippen LogP contribution is -2.10. The molecule has 1 unspecified atom stereocenters. The zero-order valence-electron chi connectivity index (χ0n) is 7.98. The molecular weight excluding hydrogens is 216 g/mol. The zero-order valence-corrected chi connectivity index (χ0v) is 9.61. The fourth-order valence-electron chi connectivity index (χ4n) is 1.46. The van der Waals surface area contributed by atoms with Gasteiger partial charge in [-0.15, -0.1) is 12.4 Å². The summed E-state index contributed by atoms with van der Waals surface area (Å²) in [6, 6.07) is 6.11. The first kappa shape index (κ1) is 11.8. The summed E-state index contributed by atoms with van der Waals surface area (Å²) in [6.45, 7) is 2.34. The Morgan fingerprint density at radius 1 is 1.50 bits per heavy atom. The minimum absolute atomic E-state index is 0. The molecule has 4 heteroatoms. The average Bonchev–Trinajstić information content (AvgIpc) is 2.69. The third-order valence-corrected chi connectivity index (χ3v) is 3.54. The normalized spacial score (nSPS) is 20.4. The van der Waals surface area contributed by atoms with Crippen LogP contribution in [0, 0.1) is 0 Å². The molecular formula is C10H15ClN2S. The molecule has 0 amide bonds. The van der Waals surface area contributed by atoms with Crippen molar-refractivity contribution >= 4 is 24.2 Å². The van der Waals surface area contributed by atoms with E-state index >= 15 is 0 Å². The van der Waals surface area contributed by atoms with E-state index in [9.17, 15) is 0 Å². The molecule has 1 aliphatic heterocycles.